The van der Waals surface area contributed by atoms with E-state index in [0.29, 0.717) is 0 Å². The summed E-state index contributed by atoms with van der Waals surface area (Å²) in [5, 5.41) is 3.26. The molecule has 0 radical (unpaired) electrons. The van der Waals surface area contributed by atoms with Crippen LogP contribution in [0.15, 0.2) is 0 Å². The van der Waals surface area contributed by atoms with Gasteiger partial charge in [0, 0.05) is 20.1 Å². The number of carbonyl (C=O) groups excluding carboxylic acids is 1. The van der Waals surface area contributed by atoms with Crippen molar-refractivity contribution in [2.24, 2.45) is 0 Å². The van der Waals surface area contributed by atoms with E-state index in [0.717, 1.165) is 26.1 Å². The summed E-state index contributed by atoms with van der Waals surface area (Å²) >= 11 is 0. The highest BCUT2D eigenvalue weighted by Crippen LogP contribution is 2.00. The van der Waals surface area contributed by atoms with Gasteiger partial charge in [-0.2, -0.15) is 0 Å². The maximum Gasteiger partial charge on any atom is 0.240 e. The minimum atomic E-state index is -0.0255. The smallest absolute Gasteiger partial charge is 0.240 e. The summed E-state index contributed by atoms with van der Waals surface area (Å²) in [7, 11) is 5.84. The summed E-state index contributed by atoms with van der Waals surface area (Å²) in [4.78, 5) is 15.6. The molecule has 76 valence electrons. The third kappa shape index (κ3) is 2.97. The molecule has 1 atom stereocenters. The van der Waals surface area contributed by atoms with E-state index in [1.165, 1.54) is 0 Å². The van der Waals surface area contributed by atoms with Gasteiger partial charge in [-0.15, -0.1) is 0 Å². The first kappa shape index (κ1) is 10.5. The maximum absolute atomic E-state index is 11.7. The minimum Gasteiger partial charge on any atom is -0.344 e. The first-order valence-corrected chi connectivity index (χ1v) is 4.74. The molecule has 1 aliphatic heterocycles. The van der Waals surface area contributed by atoms with Gasteiger partial charge in [0.25, 0.3) is 0 Å². The van der Waals surface area contributed by atoms with Crippen molar-refractivity contribution < 1.29 is 4.79 Å². The molecule has 0 bridgehead atoms. The average molecular weight is 185 g/mol. The third-order valence-corrected chi connectivity index (χ3v) is 2.28. The van der Waals surface area contributed by atoms with E-state index >= 15 is 0 Å². The zero-order valence-electron chi connectivity index (χ0n) is 8.71. The van der Waals surface area contributed by atoms with Crippen molar-refractivity contribution in [3.8, 4) is 0 Å². The Morgan fingerprint density at radius 2 is 2.31 bits per heavy atom. The number of carbonyl (C=O) groups is 1. The van der Waals surface area contributed by atoms with Crippen LogP contribution in [-0.2, 0) is 4.79 Å². The Balaban J connectivity index is 2.54. The molecule has 13 heavy (non-hydrogen) atoms. The number of rotatable bonds is 2. The van der Waals surface area contributed by atoms with E-state index in [2.05, 4.69) is 5.32 Å². The first-order chi connectivity index (χ1) is 6.11. The van der Waals surface area contributed by atoms with Crippen LogP contribution in [0, 0.1) is 0 Å². The van der Waals surface area contributed by atoms with Gasteiger partial charge in [0.15, 0.2) is 0 Å². The molecule has 1 amide bonds. The molecule has 1 unspecified atom stereocenters. The topological polar surface area (TPSA) is 35.6 Å². The standard InChI is InChI=1S/C9H19N3O/c1-11(2)7-8-9(13)12(3)6-4-5-10-8/h8,10H,4-7H2,1-3H3. The Labute approximate surface area is 79.9 Å². The van der Waals surface area contributed by atoms with Crippen LogP contribution in [0.3, 0.4) is 0 Å². The minimum absolute atomic E-state index is 0.0255. The molecule has 0 saturated carbocycles. The summed E-state index contributed by atoms with van der Waals surface area (Å²) in [5.74, 6) is 0.214. The Kier molecular flexibility index (Phi) is 3.69. The first-order valence-electron chi connectivity index (χ1n) is 4.74. The summed E-state index contributed by atoms with van der Waals surface area (Å²) in [6.07, 6.45) is 1.05. The molecular weight excluding hydrogens is 166 g/mol. The van der Waals surface area contributed by atoms with E-state index < -0.39 is 0 Å². The van der Waals surface area contributed by atoms with E-state index in [1.54, 1.807) is 0 Å². The summed E-state index contributed by atoms with van der Waals surface area (Å²) in [6, 6.07) is -0.0255. The normalized spacial score (nSPS) is 25.1. The van der Waals surface area contributed by atoms with Crippen molar-refractivity contribution in [2.45, 2.75) is 12.5 Å². The van der Waals surface area contributed by atoms with Crippen LogP contribution in [0.1, 0.15) is 6.42 Å². The molecule has 4 nitrogen and oxygen atoms in total. The van der Waals surface area contributed by atoms with Crippen molar-refractivity contribution in [3.63, 3.8) is 0 Å². The van der Waals surface area contributed by atoms with Crippen molar-refractivity contribution in [1.82, 2.24) is 15.1 Å². The zero-order chi connectivity index (χ0) is 9.84. The van der Waals surface area contributed by atoms with Gasteiger partial charge >= 0.3 is 0 Å². The van der Waals surface area contributed by atoms with E-state index in [4.69, 9.17) is 0 Å². The maximum atomic E-state index is 11.7. The second-order valence-electron chi connectivity index (χ2n) is 3.88. The second kappa shape index (κ2) is 4.58. The van der Waals surface area contributed by atoms with Gasteiger partial charge in [0.1, 0.15) is 0 Å². The molecule has 0 aromatic carbocycles. The van der Waals surface area contributed by atoms with Gasteiger partial charge in [-0.25, -0.2) is 0 Å². The molecule has 1 N–H and O–H groups in total. The van der Waals surface area contributed by atoms with Gasteiger partial charge in [0.05, 0.1) is 6.04 Å². The molecule has 1 saturated heterocycles. The molecule has 1 aliphatic rings. The van der Waals surface area contributed by atoms with Gasteiger partial charge in [-0.1, -0.05) is 0 Å². The molecule has 1 rings (SSSR count). The van der Waals surface area contributed by atoms with Crippen molar-refractivity contribution in [3.05, 3.63) is 0 Å². The lowest BCUT2D eigenvalue weighted by molar-refractivity contribution is -0.131. The zero-order valence-corrected chi connectivity index (χ0v) is 8.71. The number of hydrogen-bond donors (Lipinski definition) is 1. The number of amides is 1. The highest BCUT2D eigenvalue weighted by molar-refractivity contribution is 5.82. The number of nitrogens with zero attached hydrogens (tertiary/aromatic N) is 2. The van der Waals surface area contributed by atoms with Crippen LogP contribution in [-0.4, -0.2) is 62.5 Å². The van der Waals surface area contributed by atoms with Gasteiger partial charge < -0.3 is 15.1 Å². The molecule has 0 aromatic heterocycles. The summed E-state index contributed by atoms with van der Waals surface area (Å²) < 4.78 is 0. The molecule has 0 aromatic rings. The van der Waals surface area contributed by atoms with Crippen molar-refractivity contribution in [1.29, 1.82) is 0 Å². The highest BCUT2D eigenvalue weighted by Gasteiger charge is 2.24. The van der Waals surface area contributed by atoms with Crippen LogP contribution in [0.4, 0.5) is 0 Å². The van der Waals surface area contributed by atoms with Gasteiger partial charge in [-0.05, 0) is 27.1 Å². The third-order valence-electron chi connectivity index (χ3n) is 2.28. The average Bonchev–Trinajstić information content (AvgIpc) is 2.19. The molecule has 4 heteroatoms. The predicted octanol–water partition coefficient (Wildman–Crippen LogP) is -0.632. The lowest BCUT2D eigenvalue weighted by atomic mass is 10.2. The van der Waals surface area contributed by atoms with Gasteiger partial charge in [0.2, 0.25) is 5.91 Å². The SMILES string of the molecule is CN(C)CC1NCCCN(C)C1=O. The van der Waals surface area contributed by atoms with E-state index in [9.17, 15) is 4.79 Å². The van der Waals surface area contributed by atoms with Crippen LogP contribution in [0.25, 0.3) is 0 Å². The molecule has 0 spiro atoms. The predicted molar refractivity (Wildman–Crippen MR) is 52.6 cm³/mol. The largest absolute Gasteiger partial charge is 0.344 e. The number of nitrogens with one attached hydrogen (secondary N) is 1. The van der Waals surface area contributed by atoms with Gasteiger partial charge in [-0.3, -0.25) is 4.79 Å². The van der Waals surface area contributed by atoms with Crippen LogP contribution in [0.5, 0.6) is 0 Å². The second-order valence-corrected chi connectivity index (χ2v) is 3.88. The molecule has 0 aliphatic carbocycles. The van der Waals surface area contributed by atoms with Crippen molar-refractivity contribution >= 4 is 5.91 Å². The fraction of sp³-hybridized carbons (Fsp3) is 0.889. The Morgan fingerprint density at radius 3 is 2.92 bits per heavy atom. The van der Waals surface area contributed by atoms with Crippen LogP contribution >= 0.6 is 0 Å². The molecular formula is C9H19N3O. The lowest BCUT2D eigenvalue weighted by Gasteiger charge is -2.22. The van der Waals surface area contributed by atoms with E-state index in [-0.39, 0.29) is 11.9 Å². The molecule has 1 fully saturated rings. The number of likely N-dealkylation sites (N-methyl/N-ethyl adjacent to an activating group) is 2. The fourth-order valence-corrected chi connectivity index (χ4v) is 1.56. The lowest BCUT2D eigenvalue weighted by Crippen LogP contribution is -2.47. The van der Waals surface area contributed by atoms with E-state index in [1.807, 2.05) is 30.9 Å². The Hall–Kier alpha value is -0.610. The quantitative estimate of drug-likeness (QED) is 0.622. The Morgan fingerprint density at radius 1 is 1.62 bits per heavy atom. The fourth-order valence-electron chi connectivity index (χ4n) is 1.56. The highest BCUT2D eigenvalue weighted by atomic mass is 16.2. The molecule has 1 heterocycles. The summed E-state index contributed by atoms with van der Waals surface area (Å²) in [5.41, 5.74) is 0. The number of hydrogen-bond acceptors (Lipinski definition) is 3. The monoisotopic (exact) mass is 185 g/mol. The van der Waals surface area contributed by atoms with Crippen molar-refractivity contribution in [2.75, 3.05) is 40.8 Å². The summed E-state index contributed by atoms with van der Waals surface area (Å²) in [6.45, 7) is 2.59. The van der Waals surface area contributed by atoms with Crippen LogP contribution in [0.2, 0.25) is 0 Å². The van der Waals surface area contributed by atoms with Crippen LogP contribution < -0.4 is 5.32 Å². The Bertz CT molecular complexity index is 182.